The molecular formula is C15H24FNO. The summed E-state index contributed by atoms with van der Waals surface area (Å²) in [6, 6.07) is 5.43. The molecule has 1 N–H and O–H groups in total. The molecule has 0 bridgehead atoms. The highest BCUT2D eigenvalue weighted by Crippen LogP contribution is 2.23. The minimum atomic E-state index is -0.160. The Labute approximate surface area is 110 Å². The summed E-state index contributed by atoms with van der Waals surface area (Å²) >= 11 is 0. The van der Waals surface area contributed by atoms with Gasteiger partial charge in [0.1, 0.15) is 5.82 Å². The Hall–Kier alpha value is -0.930. The molecule has 18 heavy (non-hydrogen) atoms. The van der Waals surface area contributed by atoms with Crippen LogP contribution in [0.3, 0.4) is 0 Å². The van der Waals surface area contributed by atoms with Gasteiger partial charge in [-0.3, -0.25) is 0 Å². The molecule has 0 saturated heterocycles. The van der Waals surface area contributed by atoms with Gasteiger partial charge in [-0.05, 0) is 49.1 Å². The Morgan fingerprint density at radius 3 is 2.61 bits per heavy atom. The molecule has 102 valence electrons. The zero-order chi connectivity index (χ0) is 13.5. The van der Waals surface area contributed by atoms with E-state index in [-0.39, 0.29) is 11.9 Å². The second-order valence-electron chi connectivity index (χ2n) is 4.97. The zero-order valence-electron chi connectivity index (χ0n) is 11.8. The number of hydrogen-bond donors (Lipinski definition) is 1. The lowest BCUT2D eigenvalue weighted by Crippen LogP contribution is -2.24. The number of methoxy groups -OCH3 is 1. The van der Waals surface area contributed by atoms with Crippen LogP contribution in [0, 0.1) is 18.7 Å². The molecule has 3 heteroatoms. The Balaban J connectivity index is 2.82. The van der Waals surface area contributed by atoms with E-state index in [1.165, 1.54) is 0 Å². The van der Waals surface area contributed by atoms with Crippen molar-refractivity contribution in [2.24, 2.45) is 5.92 Å². The van der Waals surface area contributed by atoms with E-state index in [9.17, 15) is 4.39 Å². The van der Waals surface area contributed by atoms with Crippen molar-refractivity contribution in [3.05, 3.63) is 35.1 Å². The van der Waals surface area contributed by atoms with Crippen molar-refractivity contribution in [3.8, 4) is 0 Å². The third-order valence-electron chi connectivity index (χ3n) is 3.01. The summed E-state index contributed by atoms with van der Waals surface area (Å²) in [6.45, 7) is 7.75. The van der Waals surface area contributed by atoms with Gasteiger partial charge in [0.2, 0.25) is 0 Å². The highest BCUT2D eigenvalue weighted by atomic mass is 19.1. The first-order valence-corrected chi connectivity index (χ1v) is 6.56. The summed E-state index contributed by atoms with van der Waals surface area (Å²) in [6.07, 6.45) is 0.949. The van der Waals surface area contributed by atoms with E-state index >= 15 is 0 Å². The fraction of sp³-hybridized carbons (Fsp3) is 0.600. The highest BCUT2D eigenvalue weighted by Gasteiger charge is 2.15. The normalized spacial score (nSPS) is 14.5. The second kappa shape index (κ2) is 7.49. The molecule has 1 rings (SSSR count). The average molecular weight is 253 g/mol. The summed E-state index contributed by atoms with van der Waals surface area (Å²) in [5.41, 5.74) is 1.99. The lowest BCUT2D eigenvalue weighted by Gasteiger charge is -2.22. The minimum Gasteiger partial charge on any atom is -0.384 e. The van der Waals surface area contributed by atoms with Gasteiger partial charge in [-0.2, -0.15) is 0 Å². The first-order chi connectivity index (χ1) is 8.56. The third-order valence-corrected chi connectivity index (χ3v) is 3.01. The van der Waals surface area contributed by atoms with Gasteiger partial charge in [-0.15, -0.1) is 0 Å². The van der Waals surface area contributed by atoms with E-state index in [1.807, 2.05) is 6.92 Å². The number of hydrogen-bond acceptors (Lipinski definition) is 2. The standard InChI is InChI=1S/C15H24FNO/c1-5-17-15(8-12(3)10-18-4)13-6-11(2)7-14(16)9-13/h6-7,9,12,15,17H,5,8,10H2,1-4H3. The second-order valence-corrected chi connectivity index (χ2v) is 4.97. The maximum atomic E-state index is 13.5. The van der Waals surface area contributed by atoms with E-state index in [1.54, 1.807) is 19.2 Å². The molecule has 0 spiro atoms. The third kappa shape index (κ3) is 4.75. The first-order valence-electron chi connectivity index (χ1n) is 6.56. The van der Waals surface area contributed by atoms with Crippen molar-refractivity contribution in [2.45, 2.75) is 33.2 Å². The molecule has 0 fully saturated rings. The van der Waals surface area contributed by atoms with Crippen LogP contribution in [0.1, 0.15) is 37.4 Å². The van der Waals surface area contributed by atoms with Crippen molar-refractivity contribution in [2.75, 3.05) is 20.3 Å². The molecular weight excluding hydrogens is 229 g/mol. The van der Waals surface area contributed by atoms with Crippen LogP contribution >= 0.6 is 0 Å². The highest BCUT2D eigenvalue weighted by molar-refractivity contribution is 5.26. The summed E-state index contributed by atoms with van der Waals surface area (Å²) < 4.78 is 18.6. The summed E-state index contributed by atoms with van der Waals surface area (Å²) in [4.78, 5) is 0. The Morgan fingerprint density at radius 2 is 2.06 bits per heavy atom. The molecule has 0 radical (unpaired) electrons. The van der Waals surface area contributed by atoms with Crippen molar-refractivity contribution < 1.29 is 9.13 Å². The van der Waals surface area contributed by atoms with Gasteiger partial charge in [0.25, 0.3) is 0 Å². The molecule has 0 aliphatic rings. The molecule has 0 saturated carbocycles. The number of ether oxygens (including phenoxy) is 1. The van der Waals surface area contributed by atoms with Gasteiger partial charge >= 0.3 is 0 Å². The fourth-order valence-corrected chi connectivity index (χ4v) is 2.30. The van der Waals surface area contributed by atoms with Gasteiger partial charge < -0.3 is 10.1 Å². The summed E-state index contributed by atoms with van der Waals surface area (Å²) in [5, 5.41) is 3.42. The smallest absolute Gasteiger partial charge is 0.123 e. The zero-order valence-corrected chi connectivity index (χ0v) is 11.8. The lowest BCUT2D eigenvalue weighted by molar-refractivity contribution is 0.149. The van der Waals surface area contributed by atoms with E-state index in [0.717, 1.165) is 30.7 Å². The van der Waals surface area contributed by atoms with Crippen LogP contribution in [0.4, 0.5) is 4.39 Å². The lowest BCUT2D eigenvalue weighted by atomic mass is 9.95. The van der Waals surface area contributed by atoms with Crippen LogP contribution < -0.4 is 5.32 Å². The first kappa shape index (κ1) is 15.1. The summed E-state index contributed by atoms with van der Waals surface area (Å²) in [7, 11) is 1.71. The molecule has 0 aromatic heterocycles. The predicted molar refractivity (Wildman–Crippen MR) is 73.2 cm³/mol. The van der Waals surface area contributed by atoms with Crippen molar-refractivity contribution in [1.82, 2.24) is 5.32 Å². The van der Waals surface area contributed by atoms with Crippen LogP contribution in [0.25, 0.3) is 0 Å². The number of rotatable bonds is 7. The van der Waals surface area contributed by atoms with Crippen molar-refractivity contribution in [1.29, 1.82) is 0 Å². The predicted octanol–water partition coefficient (Wildman–Crippen LogP) is 3.46. The molecule has 0 heterocycles. The van der Waals surface area contributed by atoms with Crippen LogP contribution in [-0.4, -0.2) is 20.3 Å². The number of halogens is 1. The number of nitrogens with one attached hydrogen (secondary N) is 1. The molecule has 2 unspecified atom stereocenters. The molecule has 1 aromatic rings. The van der Waals surface area contributed by atoms with Gasteiger partial charge in [0.05, 0.1) is 0 Å². The van der Waals surface area contributed by atoms with E-state index in [4.69, 9.17) is 4.74 Å². The Morgan fingerprint density at radius 1 is 1.33 bits per heavy atom. The van der Waals surface area contributed by atoms with Crippen LogP contribution in [0.15, 0.2) is 18.2 Å². The van der Waals surface area contributed by atoms with E-state index < -0.39 is 0 Å². The topological polar surface area (TPSA) is 21.3 Å². The van der Waals surface area contributed by atoms with Crippen LogP contribution in [0.5, 0.6) is 0 Å². The van der Waals surface area contributed by atoms with Crippen LogP contribution in [-0.2, 0) is 4.74 Å². The molecule has 0 aliphatic carbocycles. The minimum absolute atomic E-state index is 0.160. The van der Waals surface area contributed by atoms with Gasteiger partial charge in [0.15, 0.2) is 0 Å². The molecule has 2 nitrogen and oxygen atoms in total. The summed E-state index contributed by atoms with van der Waals surface area (Å²) in [5.74, 6) is 0.287. The van der Waals surface area contributed by atoms with Gasteiger partial charge in [0, 0.05) is 19.8 Å². The maximum Gasteiger partial charge on any atom is 0.123 e. The molecule has 0 aliphatic heterocycles. The molecule has 1 aromatic carbocycles. The van der Waals surface area contributed by atoms with Gasteiger partial charge in [-0.1, -0.05) is 19.9 Å². The SMILES string of the molecule is CCNC(CC(C)COC)c1cc(C)cc(F)c1. The number of benzene rings is 1. The van der Waals surface area contributed by atoms with Crippen molar-refractivity contribution in [3.63, 3.8) is 0 Å². The Kier molecular flexibility index (Phi) is 6.30. The fourth-order valence-electron chi connectivity index (χ4n) is 2.30. The van der Waals surface area contributed by atoms with E-state index in [0.29, 0.717) is 5.92 Å². The van der Waals surface area contributed by atoms with Crippen LogP contribution in [0.2, 0.25) is 0 Å². The van der Waals surface area contributed by atoms with Gasteiger partial charge in [-0.25, -0.2) is 4.39 Å². The Bertz CT molecular complexity index is 347. The monoisotopic (exact) mass is 253 g/mol. The largest absolute Gasteiger partial charge is 0.384 e. The van der Waals surface area contributed by atoms with E-state index in [2.05, 4.69) is 25.2 Å². The quantitative estimate of drug-likeness (QED) is 0.803. The average Bonchev–Trinajstić information content (AvgIpc) is 2.27. The molecule has 0 amide bonds. The maximum absolute atomic E-state index is 13.5. The van der Waals surface area contributed by atoms with Crippen molar-refractivity contribution >= 4 is 0 Å². The molecule has 2 atom stereocenters. The number of aryl methyl sites for hydroxylation is 1.